The molecule has 216 valence electrons. The van der Waals surface area contributed by atoms with Crippen LogP contribution in [0.5, 0.6) is 0 Å². The van der Waals surface area contributed by atoms with Crippen LogP contribution in [0.4, 0.5) is 5.82 Å². The van der Waals surface area contributed by atoms with Crippen molar-refractivity contribution < 1.29 is 14.3 Å². The molecule has 2 saturated heterocycles. The summed E-state index contributed by atoms with van der Waals surface area (Å²) in [4.78, 5) is 35.0. The van der Waals surface area contributed by atoms with Crippen LogP contribution >= 0.6 is 11.6 Å². The third kappa shape index (κ3) is 7.61. The Morgan fingerprint density at radius 2 is 1.68 bits per heavy atom. The van der Waals surface area contributed by atoms with Gasteiger partial charge in [-0.2, -0.15) is 0 Å². The number of aromatic nitrogens is 2. The van der Waals surface area contributed by atoms with Crippen LogP contribution in [0.1, 0.15) is 22.3 Å². The molecule has 5 rings (SSSR count). The molecule has 0 bridgehead atoms. The van der Waals surface area contributed by atoms with Gasteiger partial charge in [0.15, 0.2) is 5.82 Å². The number of halogens is 1. The highest BCUT2D eigenvalue weighted by Crippen LogP contribution is 2.21. The molecule has 9 nitrogen and oxygen atoms in total. The van der Waals surface area contributed by atoms with E-state index in [9.17, 15) is 9.59 Å². The van der Waals surface area contributed by atoms with E-state index < -0.39 is 0 Å². The molecule has 0 spiro atoms. The lowest BCUT2D eigenvalue weighted by Gasteiger charge is -2.31. The Morgan fingerprint density at radius 3 is 2.41 bits per heavy atom. The average Bonchev–Trinajstić information content (AvgIpc) is 3.27. The maximum absolute atomic E-state index is 13.5. The third-order valence-electron chi connectivity index (χ3n) is 7.68. The molecule has 0 saturated carbocycles. The van der Waals surface area contributed by atoms with Gasteiger partial charge in [-0.15, -0.1) is 10.2 Å². The molecule has 2 fully saturated rings. The molecule has 0 radical (unpaired) electrons. The first-order chi connectivity index (χ1) is 20.0. The fourth-order valence-electron chi connectivity index (χ4n) is 5.18. The monoisotopic (exact) mass is 576 g/mol. The first-order valence-corrected chi connectivity index (χ1v) is 14.6. The summed E-state index contributed by atoms with van der Waals surface area (Å²) in [6, 6.07) is 19.2. The molecule has 1 aromatic heterocycles. The van der Waals surface area contributed by atoms with Crippen molar-refractivity contribution in [3.8, 4) is 11.3 Å². The lowest BCUT2D eigenvalue weighted by Crippen LogP contribution is -2.47. The lowest BCUT2D eigenvalue weighted by molar-refractivity contribution is -0.131. The zero-order valence-corrected chi connectivity index (χ0v) is 24.3. The smallest absolute Gasteiger partial charge is 0.255 e. The average molecular weight is 577 g/mol. The maximum Gasteiger partial charge on any atom is 0.255 e. The van der Waals surface area contributed by atoms with E-state index >= 15 is 0 Å². The summed E-state index contributed by atoms with van der Waals surface area (Å²) in [5.74, 6) is 0.517. The van der Waals surface area contributed by atoms with Crippen LogP contribution in [0.3, 0.4) is 0 Å². The van der Waals surface area contributed by atoms with Gasteiger partial charge in [-0.25, -0.2) is 0 Å². The van der Waals surface area contributed by atoms with Gasteiger partial charge in [0.05, 0.1) is 29.5 Å². The van der Waals surface area contributed by atoms with Gasteiger partial charge in [-0.05, 0) is 37.6 Å². The van der Waals surface area contributed by atoms with E-state index in [0.717, 1.165) is 43.1 Å². The molecule has 2 amide bonds. The highest BCUT2D eigenvalue weighted by atomic mass is 35.5. The second-order valence-electron chi connectivity index (χ2n) is 10.5. The zero-order valence-electron chi connectivity index (χ0n) is 23.5. The number of carbonyl (C=O) groups is 2. The Balaban J connectivity index is 1.21. The number of morpholine rings is 1. The Bertz CT molecular complexity index is 1310. The first kappa shape index (κ1) is 29.0. The van der Waals surface area contributed by atoms with Crippen molar-refractivity contribution in [1.29, 1.82) is 0 Å². The summed E-state index contributed by atoms with van der Waals surface area (Å²) >= 11 is 6.36. The summed E-state index contributed by atoms with van der Waals surface area (Å²) in [6.45, 7) is 8.80. The van der Waals surface area contributed by atoms with E-state index in [-0.39, 0.29) is 18.4 Å². The molecule has 2 aliphatic rings. The fourth-order valence-corrected chi connectivity index (χ4v) is 5.39. The third-order valence-corrected chi connectivity index (χ3v) is 8.01. The minimum absolute atomic E-state index is 0.0133. The van der Waals surface area contributed by atoms with Crippen LogP contribution in [-0.4, -0.2) is 109 Å². The Kier molecular flexibility index (Phi) is 9.82. The maximum atomic E-state index is 13.5. The Labute approximate surface area is 246 Å². The molecule has 2 aliphatic heterocycles. The summed E-state index contributed by atoms with van der Waals surface area (Å²) < 4.78 is 5.45. The number of hydrogen-bond donors (Lipinski definition) is 0. The van der Waals surface area contributed by atoms with Crippen LogP contribution in [0.15, 0.2) is 60.7 Å². The van der Waals surface area contributed by atoms with E-state index in [1.54, 1.807) is 29.2 Å². The molecular weight excluding hydrogens is 540 g/mol. The second-order valence-corrected chi connectivity index (χ2v) is 10.9. The molecular formula is C31H37ClN6O3. The summed E-state index contributed by atoms with van der Waals surface area (Å²) in [5.41, 5.74) is 3.49. The van der Waals surface area contributed by atoms with Gasteiger partial charge in [0, 0.05) is 57.9 Å². The molecule has 0 aliphatic carbocycles. The van der Waals surface area contributed by atoms with Crippen LogP contribution in [-0.2, 0) is 9.53 Å². The van der Waals surface area contributed by atoms with Crippen LogP contribution in [0.25, 0.3) is 11.3 Å². The van der Waals surface area contributed by atoms with Gasteiger partial charge >= 0.3 is 0 Å². The minimum atomic E-state index is -0.224. The summed E-state index contributed by atoms with van der Waals surface area (Å²) in [7, 11) is 0. The SMILES string of the molecule is Cc1ccc(-c2ccc(N3CCCN(C(=O)CN(CCN4CCOCC4)C(=O)c4ccccc4Cl)CC3)nn2)cc1. The van der Waals surface area contributed by atoms with Crippen molar-refractivity contribution in [3.63, 3.8) is 0 Å². The molecule has 41 heavy (non-hydrogen) atoms. The summed E-state index contributed by atoms with van der Waals surface area (Å²) in [5, 5.41) is 9.33. The highest BCUT2D eigenvalue weighted by Gasteiger charge is 2.26. The first-order valence-electron chi connectivity index (χ1n) is 14.3. The fraction of sp³-hybridized carbons (Fsp3) is 0.419. The zero-order chi connectivity index (χ0) is 28.6. The number of aryl methyl sites for hydroxylation is 1. The Morgan fingerprint density at radius 1 is 0.902 bits per heavy atom. The molecule has 2 aromatic carbocycles. The molecule has 0 atom stereocenters. The van der Waals surface area contributed by atoms with Gasteiger partial charge in [0.25, 0.3) is 5.91 Å². The number of anilines is 1. The molecule has 0 unspecified atom stereocenters. The predicted octanol–water partition coefficient (Wildman–Crippen LogP) is 3.62. The summed E-state index contributed by atoms with van der Waals surface area (Å²) in [6.07, 6.45) is 0.805. The normalized spacial score (nSPS) is 16.3. The van der Waals surface area contributed by atoms with Crippen molar-refractivity contribution >= 4 is 29.2 Å². The number of rotatable bonds is 8. The lowest BCUT2D eigenvalue weighted by atomic mass is 10.1. The van der Waals surface area contributed by atoms with Crippen molar-refractivity contribution in [2.75, 3.05) is 77.0 Å². The number of hydrogen-bond acceptors (Lipinski definition) is 7. The van der Waals surface area contributed by atoms with Gasteiger partial charge in [0.1, 0.15) is 6.54 Å². The Hall–Kier alpha value is -3.53. The number of nitrogens with zero attached hydrogens (tertiary/aromatic N) is 6. The van der Waals surface area contributed by atoms with Crippen LogP contribution < -0.4 is 4.90 Å². The van der Waals surface area contributed by atoms with Crippen molar-refractivity contribution in [3.05, 3.63) is 76.8 Å². The van der Waals surface area contributed by atoms with E-state index in [1.165, 1.54) is 5.56 Å². The van der Waals surface area contributed by atoms with E-state index in [1.807, 2.05) is 17.0 Å². The van der Waals surface area contributed by atoms with Gasteiger partial charge in [0.2, 0.25) is 5.91 Å². The number of amides is 2. The van der Waals surface area contributed by atoms with Crippen molar-refractivity contribution in [1.82, 2.24) is 24.9 Å². The number of benzene rings is 2. The minimum Gasteiger partial charge on any atom is -0.379 e. The quantitative estimate of drug-likeness (QED) is 0.405. The van der Waals surface area contributed by atoms with Crippen molar-refractivity contribution in [2.24, 2.45) is 0 Å². The van der Waals surface area contributed by atoms with Gasteiger partial charge in [-0.3, -0.25) is 14.5 Å². The largest absolute Gasteiger partial charge is 0.379 e. The molecule has 0 N–H and O–H groups in total. The van der Waals surface area contributed by atoms with Gasteiger partial charge < -0.3 is 19.4 Å². The number of carbonyl (C=O) groups excluding carboxylic acids is 2. The van der Waals surface area contributed by atoms with E-state index in [0.29, 0.717) is 56.5 Å². The highest BCUT2D eigenvalue weighted by molar-refractivity contribution is 6.33. The number of ether oxygens (including phenoxy) is 1. The van der Waals surface area contributed by atoms with Crippen LogP contribution in [0, 0.1) is 6.92 Å². The molecule has 10 heteroatoms. The topological polar surface area (TPSA) is 82.1 Å². The van der Waals surface area contributed by atoms with Crippen LogP contribution in [0.2, 0.25) is 5.02 Å². The standard InChI is InChI=1S/C31H37ClN6O3/c1-24-7-9-25(10-8-24)28-11-12-29(34-33-28)36-13-4-14-37(18-17-36)30(39)23-38(16-15-35-19-21-41-22-20-35)31(40)26-5-2-3-6-27(26)32/h2-3,5-12H,4,13-23H2,1H3. The predicted molar refractivity (Wildman–Crippen MR) is 160 cm³/mol. The van der Waals surface area contributed by atoms with Gasteiger partial charge in [-0.1, -0.05) is 53.6 Å². The molecule has 3 aromatic rings. The second kappa shape index (κ2) is 13.9. The van der Waals surface area contributed by atoms with E-state index in [4.69, 9.17) is 16.3 Å². The van der Waals surface area contributed by atoms with Crippen molar-refractivity contribution in [2.45, 2.75) is 13.3 Å². The van der Waals surface area contributed by atoms with E-state index in [2.05, 4.69) is 51.2 Å². The molecule has 3 heterocycles.